The molecule has 1 aliphatic carbocycles. The molecule has 0 saturated heterocycles. The highest BCUT2D eigenvalue weighted by Gasteiger charge is 2.22. The first-order valence-corrected chi connectivity index (χ1v) is 11.2. The van der Waals surface area contributed by atoms with E-state index in [0.717, 1.165) is 35.6 Å². The number of ether oxygens (including phenoxy) is 1. The summed E-state index contributed by atoms with van der Waals surface area (Å²) < 4.78 is 17.3. The molecule has 0 bridgehead atoms. The van der Waals surface area contributed by atoms with E-state index in [9.17, 15) is 9.00 Å². The van der Waals surface area contributed by atoms with Crippen molar-refractivity contribution in [2.45, 2.75) is 52.3 Å². The van der Waals surface area contributed by atoms with Gasteiger partial charge in [0.2, 0.25) is 0 Å². The second kappa shape index (κ2) is 8.68. The molecule has 3 rings (SSSR count). The van der Waals surface area contributed by atoms with Crippen LogP contribution in [0.3, 0.4) is 0 Å². The van der Waals surface area contributed by atoms with Gasteiger partial charge >= 0.3 is 5.97 Å². The minimum atomic E-state index is -1.09. The average molecular weight is 391 g/mol. The molecule has 1 fully saturated rings. The first-order chi connectivity index (χ1) is 12.6. The Bertz CT molecular complexity index is 814. The Kier molecular flexibility index (Phi) is 6.32. The molecule has 5 nitrogen and oxygen atoms in total. The zero-order chi connectivity index (χ0) is 18.5. The van der Waals surface area contributed by atoms with Gasteiger partial charge in [-0.25, -0.2) is 4.79 Å². The molecule has 2 unspecified atom stereocenters. The molecule has 0 N–H and O–H groups in total. The van der Waals surface area contributed by atoms with Crippen LogP contribution in [0.1, 0.15) is 42.5 Å². The van der Waals surface area contributed by atoms with E-state index in [1.54, 1.807) is 18.2 Å². The molecule has 26 heavy (non-hydrogen) atoms. The molecule has 1 saturated carbocycles. The molecule has 1 aromatic carbocycles. The average Bonchev–Trinajstić information content (AvgIpc) is 2.73. The fraction of sp³-hybridized carbons (Fsp3) is 0.368. The Morgan fingerprint density at radius 1 is 1.04 bits per heavy atom. The Morgan fingerprint density at radius 3 is 2.23 bits per heavy atom. The monoisotopic (exact) mass is 390 g/mol. The van der Waals surface area contributed by atoms with Crippen LogP contribution < -0.4 is 0 Å². The maximum Gasteiger partial charge on any atom is 0.337 e. The van der Waals surface area contributed by atoms with Crippen molar-refractivity contribution in [2.24, 2.45) is 0 Å². The topological polar surface area (TPSA) is 69.2 Å². The Hall–Kier alpha value is -1.86. The van der Waals surface area contributed by atoms with Crippen LogP contribution >= 0.6 is 10.5 Å². The highest BCUT2D eigenvalue weighted by atomic mass is 32.2. The molecule has 7 heteroatoms. The summed E-state index contributed by atoms with van der Waals surface area (Å²) >= 11 is 0. The second-order valence-corrected chi connectivity index (χ2v) is 9.52. The van der Waals surface area contributed by atoms with Crippen LogP contribution in [0.5, 0.6) is 0 Å². The summed E-state index contributed by atoms with van der Waals surface area (Å²) in [5.41, 5.74) is 0.498. The number of hydrogen-bond donors (Lipinski definition) is 0. The molecule has 0 aliphatic heterocycles. The number of carbonyl (C=O) groups is 1. The summed E-state index contributed by atoms with van der Waals surface area (Å²) in [5.74, 6) is 3.80. The summed E-state index contributed by atoms with van der Waals surface area (Å²) in [4.78, 5) is 12.5. The van der Waals surface area contributed by atoms with Gasteiger partial charge in [-0.05, 0) is 49.2 Å². The van der Waals surface area contributed by atoms with Crippen molar-refractivity contribution in [3.63, 3.8) is 0 Å². The van der Waals surface area contributed by atoms with Crippen molar-refractivity contribution in [3.05, 3.63) is 42.0 Å². The van der Waals surface area contributed by atoms with Crippen LogP contribution in [0.2, 0.25) is 0 Å². The van der Waals surface area contributed by atoms with E-state index < -0.39 is 21.3 Å². The van der Waals surface area contributed by atoms with Crippen LogP contribution in [-0.4, -0.2) is 38.6 Å². The van der Waals surface area contributed by atoms with Gasteiger partial charge in [-0.15, -0.1) is 20.7 Å². The molecular formula is C19H22N2O3S2. The van der Waals surface area contributed by atoms with E-state index in [-0.39, 0.29) is 11.2 Å². The summed E-state index contributed by atoms with van der Waals surface area (Å²) in [5, 5.41) is 9.95. The van der Waals surface area contributed by atoms with Gasteiger partial charge in [0.25, 0.3) is 0 Å². The third-order valence-corrected chi connectivity index (χ3v) is 7.76. The zero-order valence-electron chi connectivity index (χ0n) is 14.7. The molecule has 1 aromatic heterocycles. The number of carbonyl (C=O) groups excluding carboxylic acids is 1. The van der Waals surface area contributed by atoms with E-state index >= 15 is 0 Å². The van der Waals surface area contributed by atoms with Crippen LogP contribution in [-0.2, 0) is 15.5 Å². The fourth-order valence-electron chi connectivity index (χ4n) is 2.99. The van der Waals surface area contributed by atoms with E-state index in [4.69, 9.17) is 4.74 Å². The molecular weight excluding hydrogens is 368 g/mol. The third kappa shape index (κ3) is 4.27. The Balaban J connectivity index is 1.72. The molecule has 1 heterocycles. The standard InChI is InChI=1S/C19H22N2O3S2/c1-24-19(22)14-8-10-15(11-9-14)25(2)17-12-13-18(21-20-17)26(23)16-6-4-3-5-7-16/h8-13,16H,2-7H2,1H3. The number of esters is 1. The molecule has 2 aromatic rings. The molecule has 0 amide bonds. The summed E-state index contributed by atoms with van der Waals surface area (Å²) in [6, 6.07) is 10.8. The highest BCUT2D eigenvalue weighted by molar-refractivity contribution is 8.14. The SMILES string of the molecule is C=S(c1ccc(C(=O)OC)cc1)c1ccc(S(=O)C2CCCCC2)nn1. The quantitative estimate of drug-likeness (QED) is 0.573. The van der Waals surface area contributed by atoms with Gasteiger partial charge in [-0.3, -0.25) is 4.21 Å². The molecule has 2 atom stereocenters. The molecule has 138 valence electrons. The maximum absolute atomic E-state index is 12.6. The molecule has 0 spiro atoms. The van der Waals surface area contributed by atoms with Crippen LogP contribution in [0, 0.1) is 0 Å². The van der Waals surface area contributed by atoms with Crippen LogP contribution in [0.25, 0.3) is 0 Å². The highest BCUT2D eigenvalue weighted by Crippen LogP contribution is 2.32. The molecule has 0 radical (unpaired) electrons. The van der Waals surface area contributed by atoms with Crippen molar-refractivity contribution >= 4 is 33.1 Å². The van der Waals surface area contributed by atoms with E-state index in [1.807, 2.05) is 18.2 Å². The maximum atomic E-state index is 12.6. The number of methoxy groups -OCH3 is 1. The lowest BCUT2D eigenvalue weighted by Crippen LogP contribution is -2.19. The van der Waals surface area contributed by atoms with Crippen molar-refractivity contribution in [1.82, 2.24) is 10.2 Å². The predicted octanol–water partition coefficient (Wildman–Crippen LogP) is 3.82. The number of hydrogen-bond acceptors (Lipinski definition) is 5. The largest absolute Gasteiger partial charge is 0.465 e. The van der Waals surface area contributed by atoms with Gasteiger partial charge in [0.15, 0.2) is 0 Å². The predicted molar refractivity (Wildman–Crippen MR) is 104 cm³/mol. The first kappa shape index (κ1) is 18.9. The second-order valence-electron chi connectivity index (χ2n) is 6.17. The third-order valence-electron chi connectivity index (χ3n) is 4.49. The van der Waals surface area contributed by atoms with E-state index in [1.165, 1.54) is 13.5 Å². The lowest BCUT2D eigenvalue weighted by molar-refractivity contribution is 0.0600. The Labute approximate surface area is 158 Å². The van der Waals surface area contributed by atoms with E-state index in [0.29, 0.717) is 10.6 Å². The summed E-state index contributed by atoms with van der Waals surface area (Å²) in [6.07, 6.45) is 5.53. The van der Waals surface area contributed by atoms with Crippen LogP contribution in [0.15, 0.2) is 51.3 Å². The zero-order valence-corrected chi connectivity index (χ0v) is 16.4. The van der Waals surface area contributed by atoms with Gasteiger partial charge < -0.3 is 4.74 Å². The minimum Gasteiger partial charge on any atom is -0.465 e. The summed E-state index contributed by atoms with van der Waals surface area (Å²) in [7, 11) is -0.251. The van der Waals surface area contributed by atoms with Gasteiger partial charge in [0.05, 0.1) is 23.5 Å². The number of benzene rings is 1. The van der Waals surface area contributed by atoms with Crippen LogP contribution in [0.4, 0.5) is 0 Å². The van der Waals surface area contributed by atoms with Crippen molar-refractivity contribution in [1.29, 1.82) is 0 Å². The fourth-order valence-corrected chi connectivity index (χ4v) is 5.49. The van der Waals surface area contributed by atoms with Gasteiger partial charge in [-0.1, -0.05) is 25.1 Å². The number of rotatable bonds is 5. The normalized spacial score (nSPS) is 17.4. The lowest BCUT2D eigenvalue weighted by Gasteiger charge is -2.20. The number of aromatic nitrogens is 2. The lowest BCUT2D eigenvalue weighted by atomic mass is 10.0. The van der Waals surface area contributed by atoms with Crippen molar-refractivity contribution in [2.75, 3.05) is 7.11 Å². The van der Waals surface area contributed by atoms with Gasteiger partial charge in [0, 0.05) is 10.1 Å². The van der Waals surface area contributed by atoms with E-state index in [2.05, 4.69) is 16.1 Å². The van der Waals surface area contributed by atoms with Gasteiger partial charge in [0.1, 0.15) is 10.1 Å². The molecule has 1 aliphatic rings. The van der Waals surface area contributed by atoms with Crippen molar-refractivity contribution < 1.29 is 13.7 Å². The minimum absolute atomic E-state index is 0.202. The summed E-state index contributed by atoms with van der Waals surface area (Å²) in [6.45, 7) is 0. The first-order valence-electron chi connectivity index (χ1n) is 8.57. The Morgan fingerprint density at radius 2 is 1.65 bits per heavy atom. The van der Waals surface area contributed by atoms with Crippen molar-refractivity contribution in [3.8, 4) is 0 Å². The van der Waals surface area contributed by atoms with Gasteiger partial charge in [-0.2, -0.15) is 0 Å². The number of nitrogens with zero attached hydrogens (tertiary/aromatic N) is 2. The smallest absolute Gasteiger partial charge is 0.337 e.